The normalized spacial score (nSPS) is 16.9. The van der Waals surface area contributed by atoms with Crippen LogP contribution >= 0.6 is 0 Å². The van der Waals surface area contributed by atoms with Crippen LogP contribution in [0.1, 0.15) is 38.2 Å². The largest absolute Gasteiger partial charge is 0.330 e. The van der Waals surface area contributed by atoms with Crippen molar-refractivity contribution in [1.82, 2.24) is 4.90 Å². The second-order valence-corrected chi connectivity index (χ2v) is 5.96. The third kappa shape index (κ3) is 4.83. The lowest BCUT2D eigenvalue weighted by molar-refractivity contribution is -0.119. The molecule has 1 heterocycles. The Morgan fingerprint density at radius 3 is 2.76 bits per heavy atom. The number of anilines is 1. The zero-order chi connectivity index (χ0) is 15.1. The van der Waals surface area contributed by atoms with E-state index in [0.717, 1.165) is 38.2 Å². The number of hydrogen-bond donors (Lipinski definition) is 2. The Labute approximate surface area is 127 Å². The SMILES string of the molecule is CC(CCCN)C(=O)Nc1ccccc1CN1CCCC1. The number of rotatable bonds is 7. The number of amides is 1. The van der Waals surface area contributed by atoms with Crippen molar-refractivity contribution in [3.8, 4) is 0 Å². The van der Waals surface area contributed by atoms with Crippen LogP contribution in [0.2, 0.25) is 0 Å². The Hall–Kier alpha value is -1.39. The number of nitrogens with zero attached hydrogens (tertiary/aromatic N) is 1. The molecule has 0 spiro atoms. The van der Waals surface area contributed by atoms with Gasteiger partial charge >= 0.3 is 0 Å². The molecule has 0 bridgehead atoms. The highest BCUT2D eigenvalue weighted by molar-refractivity contribution is 5.93. The summed E-state index contributed by atoms with van der Waals surface area (Å²) >= 11 is 0. The predicted octanol–water partition coefficient (Wildman–Crippen LogP) is 2.60. The highest BCUT2D eigenvalue weighted by atomic mass is 16.1. The van der Waals surface area contributed by atoms with Crippen LogP contribution in [-0.4, -0.2) is 30.4 Å². The van der Waals surface area contributed by atoms with E-state index >= 15 is 0 Å². The van der Waals surface area contributed by atoms with Crippen molar-refractivity contribution in [2.24, 2.45) is 11.7 Å². The lowest BCUT2D eigenvalue weighted by Gasteiger charge is -2.19. The average Bonchev–Trinajstić information content (AvgIpc) is 2.99. The maximum Gasteiger partial charge on any atom is 0.227 e. The molecule has 116 valence electrons. The Balaban J connectivity index is 1.97. The minimum Gasteiger partial charge on any atom is -0.330 e. The van der Waals surface area contributed by atoms with Crippen LogP contribution in [0.15, 0.2) is 24.3 Å². The predicted molar refractivity (Wildman–Crippen MR) is 87.0 cm³/mol. The summed E-state index contributed by atoms with van der Waals surface area (Å²) in [4.78, 5) is 14.7. The van der Waals surface area contributed by atoms with Gasteiger partial charge in [0.1, 0.15) is 0 Å². The second kappa shape index (κ2) is 8.15. The summed E-state index contributed by atoms with van der Waals surface area (Å²) in [6, 6.07) is 8.13. The molecular weight excluding hydrogens is 262 g/mol. The van der Waals surface area contributed by atoms with Crippen LogP contribution in [0, 0.1) is 5.92 Å². The number of benzene rings is 1. The molecule has 1 fully saturated rings. The Kier molecular flexibility index (Phi) is 6.21. The van der Waals surface area contributed by atoms with Gasteiger partial charge in [0, 0.05) is 18.2 Å². The summed E-state index contributed by atoms with van der Waals surface area (Å²) in [7, 11) is 0. The van der Waals surface area contributed by atoms with E-state index in [-0.39, 0.29) is 11.8 Å². The van der Waals surface area contributed by atoms with E-state index in [0.29, 0.717) is 6.54 Å². The number of hydrogen-bond acceptors (Lipinski definition) is 3. The highest BCUT2D eigenvalue weighted by Crippen LogP contribution is 2.21. The van der Waals surface area contributed by atoms with Crippen molar-refractivity contribution in [1.29, 1.82) is 0 Å². The molecule has 0 saturated carbocycles. The van der Waals surface area contributed by atoms with Crippen LogP contribution in [-0.2, 0) is 11.3 Å². The van der Waals surface area contributed by atoms with Crippen molar-refractivity contribution >= 4 is 11.6 Å². The van der Waals surface area contributed by atoms with E-state index in [4.69, 9.17) is 5.73 Å². The molecule has 1 aliphatic rings. The zero-order valence-electron chi connectivity index (χ0n) is 13.0. The van der Waals surface area contributed by atoms with Gasteiger partial charge in [-0.3, -0.25) is 9.69 Å². The van der Waals surface area contributed by atoms with Gasteiger partial charge in [-0.05, 0) is 56.9 Å². The standard InChI is InChI=1S/C17H27N3O/c1-14(7-6-10-18)17(21)19-16-9-3-2-8-15(16)13-20-11-4-5-12-20/h2-3,8-9,14H,4-7,10-13,18H2,1H3,(H,19,21). The molecule has 1 unspecified atom stereocenters. The van der Waals surface area contributed by atoms with E-state index in [1.807, 2.05) is 25.1 Å². The van der Waals surface area contributed by atoms with Crippen LogP contribution < -0.4 is 11.1 Å². The summed E-state index contributed by atoms with van der Waals surface area (Å²) in [5.74, 6) is 0.103. The fourth-order valence-corrected chi connectivity index (χ4v) is 2.77. The first kappa shape index (κ1) is 16.0. The van der Waals surface area contributed by atoms with Crippen molar-refractivity contribution in [2.75, 3.05) is 25.0 Å². The minimum absolute atomic E-state index is 0.00777. The fourth-order valence-electron chi connectivity index (χ4n) is 2.77. The highest BCUT2D eigenvalue weighted by Gasteiger charge is 2.16. The summed E-state index contributed by atoms with van der Waals surface area (Å²) in [5, 5.41) is 3.09. The molecule has 1 saturated heterocycles. The average molecular weight is 289 g/mol. The first-order chi connectivity index (χ1) is 10.2. The molecule has 21 heavy (non-hydrogen) atoms. The van der Waals surface area contributed by atoms with Gasteiger partial charge in [-0.2, -0.15) is 0 Å². The van der Waals surface area contributed by atoms with Crippen molar-refractivity contribution in [3.63, 3.8) is 0 Å². The zero-order valence-corrected chi connectivity index (χ0v) is 13.0. The van der Waals surface area contributed by atoms with Gasteiger partial charge in [0.05, 0.1) is 0 Å². The number of nitrogens with two attached hydrogens (primary N) is 1. The lowest BCUT2D eigenvalue weighted by Crippen LogP contribution is -2.23. The van der Waals surface area contributed by atoms with Crippen LogP contribution in [0.4, 0.5) is 5.69 Å². The number of para-hydroxylation sites is 1. The number of carbonyl (C=O) groups excluding carboxylic acids is 1. The Morgan fingerprint density at radius 1 is 1.33 bits per heavy atom. The maximum absolute atomic E-state index is 12.2. The topological polar surface area (TPSA) is 58.4 Å². The molecular formula is C17H27N3O. The third-order valence-electron chi connectivity index (χ3n) is 4.16. The second-order valence-electron chi connectivity index (χ2n) is 5.96. The van der Waals surface area contributed by atoms with Crippen molar-refractivity contribution in [2.45, 2.75) is 39.2 Å². The van der Waals surface area contributed by atoms with E-state index in [1.54, 1.807) is 0 Å². The molecule has 0 aromatic heterocycles. The quantitative estimate of drug-likeness (QED) is 0.811. The summed E-state index contributed by atoms with van der Waals surface area (Å²) in [6.45, 7) is 5.86. The van der Waals surface area contributed by atoms with E-state index < -0.39 is 0 Å². The Morgan fingerprint density at radius 2 is 2.05 bits per heavy atom. The molecule has 1 aromatic carbocycles. The third-order valence-corrected chi connectivity index (χ3v) is 4.16. The molecule has 0 radical (unpaired) electrons. The van der Waals surface area contributed by atoms with Crippen molar-refractivity contribution < 1.29 is 4.79 Å². The van der Waals surface area contributed by atoms with Gasteiger partial charge in [0.2, 0.25) is 5.91 Å². The van der Waals surface area contributed by atoms with Crippen LogP contribution in [0.3, 0.4) is 0 Å². The maximum atomic E-state index is 12.2. The molecule has 1 amide bonds. The minimum atomic E-state index is 0.00777. The van der Waals surface area contributed by atoms with Crippen molar-refractivity contribution in [3.05, 3.63) is 29.8 Å². The number of likely N-dealkylation sites (tertiary alicyclic amines) is 1. The summed E-state index contributed by atoms with van der Waals surface area (Å²) < 4.78 is 0. The molecule has 1 aliphatic heterocycles. The molecule has 2 rings (SSSR count). The first-order valence-corrected chi connectivity index (χ1v) is 8.02. The molecule has 1 aromatic rings. The van der Waals surface area contributed by atoms with E-state index in [1.165, 1.54) is 18.4 Å². The van der Waals surface area contributed by atoms with Gasteiger partial charge in [0.25, 0.3) is 0 Å². The number of carbonyl (C=O) groups is 1. The van der Waals surface area contributed by atoms with Crippen LogP contribution in [0.5, 0.6) is 0 Å². The first-order valence-electron chi connectivity index (χ1n) is 8.02. The molecule has 3 N–H and O–H groups in total. The number of nitrogens with one attached hydrogen (secondary N) is 1. The monoisotopic (exact) mass is 289 g/mol. The molecule has 1 atom stereocenters. The van der Waals surface area contributed by atoms with Crippen LogP contribution in [0.25, 0.3) is 0 Å². The van der Waals surface area contributed by atoms with E-state index in [2.05, 4.69) is 16.3 Å². The lowest BCUT2D eigenvalue weighted by atomic mass is 10.0. The van der Waals surface area contributed by atoms with Gasteiger partial charge in [-0.15, -0.1) is 0 Å². The van der Waals surface area contributed by atoms with Gasteiger partial charge in [-0.1, -0.05) is 25.1 Å². The Bertz CT molecular complexity index is 455. The van der Waals surface area contributed by atoms with Gasteiger partial charge in [0.15, 0.2) is 0 Å². The van der Waals surface area contributed by atoms with E-state index in [9.17, 15) is 4.79 Å². The van der Waals surface area contributed by atoms with Gasteiger partial charge < -0.3 is 11.1 Å². The fraction of sp³-hybridized carbons (Fsp3) is 0.588. The molecule has 4 heteroatoms. The summed E-state index contributed by atoms with van der Waals surface area (Å²) in [5.41, 5.74) is 7.67. The smallest absolute Gasteiger partial charge is 0.227 e. The molecule has 4 nitrogen and oxygen atoms in total. The summed E-state index contributed by atoms with van der Waals surface area (Å²) in [6.07, 6.45) is 4.30. The van der Waals surface area contributed by atoms with Gasteiger partial charge in [-0.25, -0.2) is 0 Å². The molecule has 0 aliphatic carbocycles.